The number of carbonyl (C=O) groups excluding carboxylic acids is 1. The lowest BCUT2D eigenvalue weighted by Crippen LogP contribution is -2.45. The molecule has 0 spiro atoms. The zero-order valence-corrected chi connectivity index (χ0v) is 14.3. The van der Waals surface area contributed by atoms with E-state index < -0.39 is 0 Å². The van der Waals surface area contributed by atoms with Gasteiger partial charge >= 0.3 is 0 Å². The minimum atomic E-state index is 0.0880. The minimum absolute atomic E-state index is 0.0880. The van der Waals surface area contributed by atoms with Crippen molar-refractivity contribution in [3.05, 3.63) is 33.3 Å². The quantitative estimate of drug-likeness (QED) is 0.875. The lowest BCUT2D eigenvalue weighted by atomic mass is 10.0. The standard InChI is InChI=1S/C16H20BrClN2O/c17-14-4-3-12(9-15(14)18)16(21)20-7-5-13(6-8-20)19-10-11-1-2-11/h3-4,9,11,13,19H,1-2,5-8,10H2. The highest BCUT2D eigenvalue weighted by Gasteiger charge is 2.26. The van der Waals surface area contributed by atoms with Gasteiger partial charge < -0.3 is 10.2 Å². The van der Waals surface area contributed by atoms with E-state index in [1.165, 1.54) is 12.8 Å². The molecule has 2 aliphatic rings. The zero-order chi connectivity index (χ0) is 14.8. The Hall–Kier alpha value is -0.580. The number of carbonyl (C=O) groups is 1. The SMILES string of the molecule is O=C(c1ccc(Br)c(Cl)c1)N1CCC(NCC2CC2)CC1. The third-order valence-electron chi connectivity index (χ3n) is 4.34. The first-order valence-electron chi connectivity index (χ1n) is 7.61. The van der Waals surface area contributed by atoms with Crippen LogP contribution in [-0.4, -0.2) is 36.5 Å². The van der Waals surface area contributed by atoms with Gasteiger partial charge in [-0.25, -0.2) is 0 Å². The summed E-state index contributed by atoms with van der Waals surface area (Å²) < 4.78 is 0.823. The van der Waals surface area contributed by atoms with Gasteiger partial charge in [0, 0.05) is 29.2 Å². The van der Waals surface area contributed by atoms with Crippen LogP contribution in [0.1, 0.15) is 36.0 Å². The predicted molar refractivity (Wildman–Crippen MR) is 88.8 cm³/mol. The van der Waals surface area contributed by atoms with Gasteiger partial charge in [-0.2, -0.15) is 0 Å². The molecular formula is C16H20BrClN2O. The molecule has 1 heterocycles. The first-order chi connectivity index (χ1) is 10.1. The van der Waals surface area contributed by atoms with E-state index in [1.54, 1.807) is 6.07 Å². The van der Waals surface area contributed by atoms with Crippen LogP contribution in [0, 0.1) is 5.92 Å². The molecule has 0 unspecified atom stereocenters. The lowest BCUT2D eigenvalue weighted by molar-refractivity contribution is 0.0705. The molecule has 5 heteroatoms. The molecule has 0 bridgehead atoms. The molecule has 1 N–H and O–H groups in total. The van der Waals surface area contributed by atoms with Crippen molar-refractivity contribution in [2.24, 2.45) is 5.92 Å². The molecule has 1 aliphatic carbocycles. The average molecular weight is 372 g/mol. The zero-order valence-electron chi connectivity index (χ0n) is 11.9. The Morgan fingerprint density at radius 1 is 1.29 bits per heavy atom. The smallest absolute Gasteiger partial charge is 0.253 e. The largest absolute Gasteiger partial charge is 0.339 e. The van der Waals surface area contributed by atoms with Crippen molar-refractivity contribution in [1.29, 1.82) is 0 Å². The molecule has 1 saturated carbocycles. The highest BCUT2D eigenvalue weighted by Crippen LogP contribution is 2.28. The van der Waals surface area contributed by atoms with Crippen LogP contribution in [0.15, 0.2) is 22.7 Å². The Morgan fingerprint density at radius 3 is 2.62 bits per heavy atom. The molecule has 114 valence electrons. The highest BCUT2D eigenvalue weighted by atomic mass is 79.9. The molecule has 2 fully saturated rings. The van der Waals surface area contributed by atoms with Gasteiger partial charge in [0.05, 0.1) is 5.02 Å². The highest BCUT2D eigenvalue weighted by molar-refractivity contribution is 9.10. The molecule has 1 aromatic carbocycles. The molecule has 0 radical (unpaired) electrons. The van der Waals surface area contributed by atoms with Crippen molar-refractivity contribution >= 4 is 33.4 Å². The number of hydrogen-bond acceptors (Lipinski definition) is 2. The number of likely N-dealkylation sites (tertiary alicyclic amines) is 1. The molecule has 21 heavy (non-hydrogen) atoms. The minimum Gasteiger partial charge on any atom is -0.339 e. The molecule has 1 aliphatic heterocycles. The van der Waals surface area contributed by atoms with Gasteiger partial charge in [-0.1, -0.05) is 11.6 Å². The number of nitrogens with one attached hydrogen (secondary N) is 1. The number of amides is 1. The fraction of sp³-hybridized carbons (Fsp3) is 0.562. The molecule has 0 aromatic heterocycles. The topological polar surface area (TPSA) is 32.3 Å². The average Bonchev–Trinajstić information content (AvgIpc) is 3.32. The normalized spacial score (nSPS) is 19.8. The second-order valence-electron chi connectivity index (χ2n) is 6.05. The van der Waals surface area contributed by atoms with Crippen LogP contribution in [0.5, 0.6) is 0 Å². The van der Waals surface area contributed by atoms with Gasteiger partial charge in [0.25, 0.3) is 5.91 Å². The third kappa shape index (κ3) is 3.99. The summed E-state index contributed by atoms with van der Waals surface area (Å²) in [4.78, 5) is 14.4. The van der Waals surface area contributed by atoms with E-state index in [0.717, 1.165) is 42.9 Å². The Kier molecular flexibility index (Phi) is 4.87. The van der Waals surface area contributed by atoms with Crippen LogP contribution >= 0.6 is 27.5 Å². The summed E-state index contributed by atoms with van der Waals surface area (Å²) in [5.41, 5.74) is 0.674. The monoisotopic (exact) mass is 370 g/mol. The molecule has 3 rings (SSSR count). The second kappa shape index (κ2) is 6.67. The number of halogens is 2. The van der Waals surface area contributed by atoms with Gasteiger partial charge in [-0.15, -0.1) is 0 Å². The number of benzene rings is 1. The Bertz CT molecular complexity index is 525. The first-order valence-corrected chi connectivity index (χ1v) is 8.78. The molecule has 0 atom stereocenters. The van der Waals surface area contributed by atoms with Crippen molar-refractivity contribution in [1.82, 2.24) is 10.2 Å². The van der Waals surface area contributed by atoms with Gasteiger partial charge in [0.15, 0.2) is 0 Å². The molecule has 1 amide bonds. The fourth-order valence-corrected chi connectivity index (χ4v) is 3.18. The summed E-state index contributed by atoms with van der Waals surface area (Å²) in [6, 6.07) is 5.98. The number of hydrogen-bond donors (Lipinski definition) is 1. The Labute approximate surface area is 139 Å². The van der Waals surface area contributed by atoms with Gasteiger partial charge in [-0.05, 0) is 72.3 Å². The lowest BCUT2D eigenvalue weighted by Gasteiger charge is -2.32. The van der Waals surface area contributed by atoms with Crippen molar-refractivity contribution in [3.8, 4) is 0 Å². The van der Waals surface area contributed by atoms with Crippen LogP contribution in [0.25, 0.3) is 0 Å². The Balaban J connectivity index is 1.52. The maximum absolute atomic E-state index is 12.5. The van der Waals surface area contributed by atoms with E-state index >= 15 is 0 Å². The number of rotatable bonds is 4. The van der Waals surface area contributed by atoms with E-state index in [2.05, 4.69) is 21.2 Å². The third-order valence-corrected chi connectivity index (χ3v) is 5.57. The molecule has 3 nitrogen and oxygen atoms in total. The van der Waals surface area contributed by atoms with Crippen LogP contribution in [-0.2, 0) is 0 Å². The summed E-state index contributed by atoms with van der Waals surface area (Å²) in [5.74, 6) is 1.000. The van der Waals surface area contributed by atoms with E-state index in [1.807, 2.05) is 17.0 Å². The maximum Gasteiger partial charge on any atom is 0.253 e. The molecule has 1 saturated heterocycles. The second-order valence-corrected chi connectivity index (χ2v) is 7.31. The van der Waals surface area contributed by atoms with Gasteiger partial charge in [-0.3, -0.25) is 4.79 Å². The maximum atomic E-state index is 12.5. The van der Waals surface area contributed by atoms with Crippen molar-refractivity contribution in [2.75, 3.05) is 19.6 Å². The van der Waals surface area contributed by atoms with E-state index in [4.69, 9.17) is 11.6 Å². The fourth-order valence-electron chi connectivity index (χ4n) is 2.75. The summed E-state index contributed by atoms with van der Waals surface area (Å²) in [7, 11) is 0. The summed E-state index contributed by atoms with van der Waals surface area (Å²) in [6.45, 7) is 2.81. The molecular weight excluding hydrogens is 352 g/mol. The summed E-state index contributed by atoms with van der Waals surface area (Å²) >= 11 is 9.42. The van der Waals surface area contributed by atoms with Crippen LogP contribution < -0.4 is 5.32 Å². The Morgan fingerprint density at radius 2 is 2.00 bits per heavy atom. The van der Waals surface area contributed by atoms with E-state index in [-0.39, 0.29) is 5.91 Å². The molecule has 1 aromatic rings. The predicted octanol–water partition coefficient (Wildman–Crippen LogP) is 3.71. The number of piperidine rings is 1. The summed E-state index contributed by atoms with van der Waals surface area (Å²) in [5, 5.41) is 4.22. The number of nitrogens with zero attached hydrogens (tertiary/aromatic N) is 1. The van der Waals surface area contributed by atoms with E-state index in [9.17, 15) is 4.79 Å². The summed E-state index contributed by atoms with van der Waals surface area (Å²) in [6.07, 6.45) is 4.86. The van der Waals surface area contributed by atoms with Crippen molar-refractivity contribution in [3.63, 3.8) is 0 Å². The van der Waals surface area contributed by atoms with Gasteiger partial charge in [0.1, 0.15) is 0 Å². The van der Waals surface area contributed by atoms with Gasteiger partial charge in [0.2, 0.25) is 0 Å². The van der Waals surface area contributed by atoms with Crippen LogP contribution in [0.3, 0.4) is 0 Å². The first kappa shape index (κ1) is 15.3. The van der Waals surface area contributed by atoms with Crippen LogP contribution in [0.4, 0.5) is 0 Å². The van der Waals surface area contributed by atoms with Crippen LogP contribution in [0.2, 0.25) is 5.02 Å². The van der Waals surface area contributed by atoms with E-state index in [0.29, 0.717) is 16.6 Å². The van der Waals surface area contributed by atoms with Crippen molar-refractivity contribution < 1.29 is 4.79 Å². The van der Waals surface area contributed by atoms with Crippen molar-refractivity contribution in [2.45, 2.75) is 31.7 Å².